The van der Waals surface area contributed by atoms with Crippen LogP contribution in [-0.2, 0) is 6.18 Å². The molecule has 36 heavy (non-hydrogen) atoms. The molecular weight excluding hydrogens is 552 g/mol. The highest BCUT2D eigenvalue weighted by atomic mass is 35.5. The molecule has 3 rings (SSSR count). The van der Waals surface area contributed by atoms with Gasteiger partial charge in [0.15, 0.2) is 5.84 Å². The molecule has 0 amide bonds. The molecule has 16 heteroatoms. The van der Waals surface area contributed by atoms with Gasteiger partial charge >= 0.3 is 18.5 Å². The Hall–Kier alpha value is -2.19. The summed E-state index contributed by atoms with van der Waals surface area (Å²) >= 11 is 12.1. The number of amidine groups is 2. The fourth-order valence-electron chi connectivity index (χ4n) is 3.64. The summed E-state index contributed by atoms with van der Waals surface area (Å²) in [6.07, 6.45) is -16.0. The number of halogens is 11. The molecule has 1 saturated heterocycles. The van der Waals surface area contributed by atoms with Crippen LogP contribution in [0.1, 0.15) is 32.3 Å². The Morgan fingerprint density at radius 2 is 1.58 bits per heavy atom. The molecule has 5 nitrogen and oxygen atoms in total. The second kappa shape index (κ2) is 9.93. The van der Waals surface area contributed by atoms with E-state index in [9.17, 15) is 39.5 Å². The third-order valence-corrected chi connectivity index (χ3v) is 5.78. The van der Waals surface area contributed by atoms with Crippen LogP contribution in [-0.4, -0.2) is 36.7 Å². The van der Waals surface area contributed by atoms with Crippen LogP contribution < -0.4 is 15.8 Å². The van der Waals surface area contributed by atoms with Crippen LogP contribution in [0.3, 0.4) is 0 Å². The van der Waals surface area contributed by atoms with E-state index < -0.39 is 68.9 Å². The third-order valence-electron chi connectivity index (χ3n) is 5.20. The molecule has 0 aromatic heterocycles. The number of anilines is 1. The zero-order valence-corrected chi connectivity index (χ0v) is 19.9. The average Bonchev–Trinajstić information content (AvgIpc) is 3.07. The minimum absolute atomic E-state index is 0.0472. The number of hydrogen-bond donors (Lipinski definition) is 2. The summed E-state index contributed by atoms with van der Waals surface area (Å²) in [6, 6.07) is 0.983. The van der Waals surface area contributed by atoms with E-state index in [1.807, 2.05) is 6.92 Å². The van der Waals surface area contributed by atoms with Gasteiger partial charge in [0.25, 0.3) is 0 Å². The molecule has 0 bridgehead atoms. The summed E-state index contributed by atoms with van der Waals surface area (Å²) in [7, 11) is 0. The fraction of sp³-hybridized carbons (Fsp3) is 0.500. The Kier molecular flexibility index (Phi) is 7.83. The van der Waals surface area contributed by atoms with Gasteiger partial charge in [-0.3, -0.25) is 10.0 Å². The van der Waals surface area contributed by atoms with Crippen LogP contribution in [0.2, 0.25) is 10.0 Å². The number of aliphatic imine (C=N–C) groups is 2. The molecule has 0 saturated carbocycles. The summed E-state index contributed by atoms with van der Waals surface area (Å²) in [4.78, 5) is 7.49. The SMILES string of the molecule is CCCC(C)CN=C1C2=C(C(F)(F)F)NC(C(F)(F)F)=NC2NN1c1c(Cl)cc(C(F)(F)F)cc1Cl. The van der Waals surface area contributed by atoms with Crippen LogP contribution in [0.5, 0.6) is 0 Å². The first-order chi connectivity index (χ1) is 16.4. The van der Waals surface area contributed by atoms with Crippen molar-refractivity contribution < 1.29 is 39.5 Å². The number of nitrogens with zero attached hydrogens (tertiary/aromatic N) is 3. The normalized spacial score (nSPS) is 21.0. The number of nitrogens with one attached hydrogen (secondary N) is 2. The summed E-state index contributed by atoms with van der Waals surface area (Å²) < 4.78 is 121. The first-order valence-corrected chi connectivity index (χ1v) is 11.1. The van der Waals surface area contributed by atoms with Crippen molar-refractivity contribution in [3.8, 4) is 0 Å². The number of fused-ring (bicyclic) bond motifs is 1. The van der Waals surface area contributed by atoms with E-state index in [0.29, 0.717) is 18.6 Å². The minimum atomic E-state index is -5.29. The predicted molar refractivity (Wildman–Crippen MR) is 117 cm³/mol. The van der Waals surface area contributed by atoms with E-state index in [0.717, 1.165) is 11.4 Å². The van der Waals surface area contributed by atoms with Crippen molar-refractivity contribution in [3.05, 3.63) is 39.0 Å². The summed E-state index contributed by atoms with van der Waals surface area (Å²) in [5, 5.41) is 0.776. The van der Waals surface area contributed by atoms with Gasteiger partial charge in [-0.1, -0.05) is 43.5 Å². The van der Waals surface area contributed by atoms with Gasteiger partial charge < -0.3 is 5.32 Å². The third kappa shape index (κ3) is 5.86. The Morgan fingerprint density at radius 3 is 2.06 bits per heavy atom. The first kappa shape index (κ1) is 28.4. The zero-order chi connectivity index (χ0) is 27.2. The molecule has 1 fully saturated rings. The summed E-state index contributed by atoms with van der Waals surface area (Å²) in [5.41, 5.74) is -1.90. The number of hydrogen-bond acceptors (Lipinski definition) is 4. The molecule has 2 unspecified atom stereocenters. The fourth-order valence-corrected chi connectivity index (χ4v) is 4.30. The van der Waals surface area contributed by atoms with Crippen LogP contribution in [0.25, 0.3) is 0 Å². The lowest BCUT2D eigenvalue weighted by Crippen LogP contribution is -2.47. The van der Waals surface area contributed by atoms with Crippen molar-refractivity contribution in [1.82, 2.24) is 10.7 Å². The van der Waals surface area contributed by atoms with Gasteiger partial charge in [-0.15, -0.1) is 0 Å². The first-order valence-electron chi connectivity index (χ1n) is 10.4. The molecule has 0 radical (unpaired) electrons. The Labute approximate surface area is 209 Å². The molecule has 2 aliphatic rings. The Balaban J connectivity index is 2.23. The van der Waals surface area contributed by atoms with E-state index >= 15 is 0 Å². The zero-order valence-electron chi connectivity index (χ0n) is 18.4. The molecule has 200 valence electrons. The van der Waals surface area contributed by atoms with Crippen molar-refractivity contribution in [2.45, 2.75) is 51.4 Å². The van der Waals surface area contributed by atoms with Crippen LogP contribution in [0.15, 0.2) is 33.4 Å². The highest BCUT2D eigenvalue weighted by Gasteiger charge is 2.52. The standard InChI is InChI=1S/C20H18Cl2F9N5/c1-3-4-8(2)7-32-16-12-14(19(26,27)28)33-17(20(29,30)31)34-15(12)35-36(16)13-10(21)5-9(6-11(13)22)18(23,24)25/h5-6,8,15,35H,3-4,7H2,1-2H3,(H,33,34). The predicted octanol–water partition coefficient (Wildman–Crippen LogP) is 6.88. The van der Waals surface area contributed by atoms with Crippen molar-refractivity contribution in [1.29, 1.82) is 0 Å². The van der Waals surface area contributed by atoms with Crippen LogP contribution >= 0.6 is 23.2 Å². The average molecular weight is 570 g/mol. The maximum Gasteiger partial charge on any atom is 0.449 e. The molecule has 2 aliphatic heterocycles. The van der Waals surface area contributed by atoms with Crippen molar-refractivity contribution in [2.24, 2.45) is 15.9 Å². The molecular formula is C20H18Cl2F9N5. The maximum absolute atomic E-state index is 13.9. The van der Waals surface area contributed by atoms with Crippen molar-refractivity contribution >= 4 is 40.6 Å². The Bertz CT molecular complexity index is 1080. The molecule has 2 heterocycles. The van der Waals surface area contributed by atoms with Crippen molar-refractivity contribution in [2.75, 3.05) is 11.6 Å². The number of hydrazine groups is 1. The smallest absolute Gasteiger partial charge is 0.332 e. The van der Waals surface area contributed by atoms with E-state index in [4.69, 9.17) is 23.2 Å². The number of allylic oxidation sites excluding steroid dienone is 1. The summed E-state index contributed by atoms with van der Waals surface area (Å²) in [5.74, 6) is -2.58. The largest absolute Gasteiger partial charge is 0.449 e. The highest BCUT2D eigenvalue weighted by molar-refractivity contribution is 6.40. The Morgan fingerprint density at radius 1 is 1.00 bits per heavy atom. The topological polar surface area (TPSA) is 52.0 Å². The number of benzene rings is 1. The second-order valence-corrected chi connectivity index (χ2v) is 8.91. The monoisotopic (exact) mass is 569 g/mol. The lowest BCUT2D eigenvalue weighted by Gasteiger charge is -2.25. The number of alkyl halides is 9. The van der Waals surface area contributed by atoms with Gasteiger partial charge in [-0.25, -0.2) is 4.99 Å². The van der Waals surface area contributed by atoms with Gasteiger partial charge in [0.05, 0.1) is 26.9 Å². The van der Waals surface area contributed by atoms with E-state index in [2.05, 4.69) is 15.4 Å². The van der Waals surface area contributed by atoms with Gasteiger partial charge in [0, 0.05) is 6.54 Å². The van der Waals surface area contributed by atoms with E-state index in [-0.39, 0.29) is 12.5 Å². The highest BCUT2D eigenvalue weighted by Crippen LogP contribution is 2.43. The van der Waals surface area contributed by atoms with E-state index in [1.54, 1.807) is 6.92 Å². The van der Waals surface area contributed by atoms with Gasteiger partial charge in [-0.05, 0) is 24.5 Å². The molecule has 0 aliphatic carbocycles. The maximum atomic E-state index is 13.9. The molecule has 0 spiro atoms. The van der Waals surface area contributed by atoms with Gasteiger partial charge in [0.1, 0.15) is 11.9 Å². The number of rotatable bonds is 5. The second-order valence-electron chi connectivity index (χ2n) is 8.10. The van der Waals surface area contributed by atoms with Gasteiger partial charge in [-0.2, -0.15) is 44.9 Å². The molecule has 1 aromatic carbocycles. The summed E-state index contributed by atoms with van der Waals surface area (Å²) in [6.45, 7) is 3.58. The lowest BCUT2D eigenvalue weighted by molar-refractivity contribution is -0.137. The quantitative estimate of drug-likeness (QED) is 0.380. The molecule has 2 atom stereocenters. The lowest BCUT2D eigenvalue weighted by atomic mass is 10.1. The molecule has 1 aromatic rings. The van der Waals surface area contributed by atoms with Crippen molar-refractivity contribution in [3.63, 3.8) is 0 Å². The van der Waals surface area contributed by atoms with Crippen LogP contribution in [0.4, 0.5) is 45.2 Å². The molecule has 2 N–H and O–H groups in total. The minimum Gasteiger partial charge on any atom is -0.332 e. The van der Waals surface area contributed by atoms with Crippen LogP contribution in [0, 0.1) is 5.92 Å². The van der Waals surface area contributed by atoms with Gasteiger partial charge in [0.2, 0.25) is 5.84 Å². The van der Waals surface area contributed by atoms with E-state index in [1.165, 1.54) is 5.32 Å².